The number of carbonyl (C=O) groups is 2. The van der Waals surface area contributed by atoms with Gasteiger partial charge in [0.2, 0.25) is 0 Å². The molecule has 0 aliphatic carbocycles. The highest BCUT2D eigenvalue weighted by atomic mass is 79.9. The van der Waals surface area contributed by atoms with Crippen molar-refractivity contribution in [3.63, 3.8) is 0 Å². The van der Waals surface area contributed by atoms with Gasteiger partial charge in [-0.2, -0.15) is 5.10 Å². The Bertz CT molecular complexity index is 1180. The number of hydrogen-bond donors (Lipinski definition) is 1. The zero-order valence-corrected chi connectivity index (χ0v) is 21.6. The quantitative estimate of drug-likeness (QED) is 0.106. The first-order chi connectivity index (χ1) is 17.5. The molecule has 8 nitrogen and oxygen atoms in total. The average Bonchev–Trinajstić information content (AvgIpc) is 2.89. The highest BCUT2D eigenvalue weighted by Crippen LogP contribution is 2.28. The SMILES string of the molecule is CCCCOc1ccc(C(=O)Oc2ccc(/C=N\NC(=O)COc3ccc(Br)cc3)cc2OC)cc1. The zero-order chi connectivity index (χ0) is 25.8. The second-order valence-corrected chi connectivity index (χ2v) is 8.48. The number of unbranched alkanes of at least 4 members (excludes halogenated alkanes) is 1. The van der Waals surface area contributed by atoms with E-state index in [4.69, 9.17) is 18.9 Å². The minimum atomic E-state index is -0.520. The fourth-order valence-corrected chi connectivity index (χ4v) is 3.18. The van der Waals surface area contributed by atoms with Crippen molar-refractivity contribution in [1.82, 2.24) is 5.43 Å². The lowest BCUT2D eigenvalue weighted by atomic mass is 10.2. The molecule has 0 saturated carbocycles. The van der Waals surface area contributed by atoms with Crippen LogP contribution in [0.15, 0.2) is 76.3 Å². The fraction of sp³-hybridized carbons (Fsp3) is 0.222. The molecule has 0 spiro atoms. The summed E-state index contributed by atoms with van der Waals surface area (Å²) in [4.78, 5) is 24.5. The summed E-state index contributed by atoms with van der Waals surface area (Å²) in [5.74, 6) is 0.949. The maximum atomic E-state index is 12.6. The van der Waals surface area contributed by atoms with Crippen LogP contribution in [-0.4, -0.2) is 38.4 Å². The van der Waals surface area contributed by atoms with Crippen LogP contribution in [0.4, 0.5) is 0 Å². The fourth-order valence-electron chi connectivity index (χ4n) is 2.92. The molecule has 0 bridgehead atoms. The van der Waals surface area contributed by atoms with Crippen LogP contribution in [0.3, 0.4) is 0 Å². The Kier molecular flexibility index (Phi) is 10.3. The van der Waals surface area contributed by atoms with Crippen LogP contribution in [0, 0.1) is 0 Å². The summed E-state index contributed by atoms with van der Waals surface area (Å²) >= 11 is 3.34. The van der Waals surface area contributed by atoms with E-state index < -0.39 is 11.9 Å². The van der Waals surface area contributed by atoms with Crippen molar-refractivity contribution in [2.24, 2.45) is 5.10 Å². The van der Waals surface area contributed by atoms with Crippen LogP contribution in [0.2, 0.25) is 0 Å². The molecule has 3 rings (SSSR count). The molecule has 0 saturated heterocycles. The number of nitrogens with one attached hydrogen (secondary N) is 1. The minimum absolute atomic E-state index is 0.178. The third-order valence-corrected chi connectivity index (χ3v) is 5.36. The van der Waals surface area contributed by atoms with Crippen molar-refractivity contribution < 1.29 is 28.5 Å². The summed E-state index contributed by atoms with van der Waals surface area (Å²) in [6.07, 6.45) is 3.47. The number of ether oxygens (including phenoxy) is 4. The molecule has 0 aliphatic heterocycles. The van der Waals surface area contributed by atoms with E-state index in [-0.39, 0.29) is 12.4 Å². The number of nitrogens with zero attached hydrogens (tertiary/aromatic N) is 1. The van der Waals surface area contributed by atoms with Crippen LogP contribution in [0.5, 0.6) is 23.0 Å². The third-order valence-electron chi connectivity index (χ3n) is 4.83. The molecule has 0 aromatic heterocycles. The van der Waals surface area contributed by atoms with Crippen molar-refractivity contribution in [3.05, 3.63) is 82.3 Å². The van der Waals surface area contributed by atoms with Gasteiger partial charge in [0.05, 0.1) is 25.5 Å². The molecule has 0 unspecified atom stereocenters. The first kappa shape index (κ1) is 26.7. The molecule has 0 heterocycles. The lowest BCUT2D eigenvalue weighted by molar-refractivity contribution is -0.123. The summed E-state index contributed by atoms with van der Waals surface area (Å²) < 4.78 is 22.8. The predicted octanol–water partition coefficient (Wildman–Crippen LogP) is 5.38. The van der Waals surface area contributed by atoms with E-state index in [9.17, 15) is 9.59 Å². The van der Waals surface area contributed by atoms with Crippen LogP contribution in [-0.2, 0) is 4.79 Å². The number of halogens is 1. The molecule has 3 aromatic rings. The molecule has 1 N–H and O–H groups in total. The van der Waals surface area contributed by atoms with Gasteiger partial charge in [-0.1, -0.05) is 29.3 Å². The van der Waals surface area contributed by atoms with Gasteiger partial charge >= 0.3 is 5.97 Å². The van der Waals surface area contributed by atoms with Crippen LogP contribution in [0.25, 0.3) is 0 Å². The first-order valence-electron chi connectivity index (χ1n) is 11.3. The number of hydrogen-bond acceptors (Lipinski definition) is 7. The maximum Gasteiger partial charge on any atom is 0.343 e. The largest absolute Gasteiger partial charge is 0.494 e. The van der Waals surface area contributed by atoms with Crippen molar-refractivity contribution in [3.8, 4) is 23.0 Å². The lowest BCUT2D eigenvalue weighted by Crippen LogP contribution is -2.24. The monoisotopic (exact) mass is 554 g/mol. The summed E-state index contributed by atoms with van der Waals surface area (Å²) in [6.45, 7) is 2.55. The maximum absolute atomic E-state index is 12.6. The Hall–Kier alpha value is -3.85. The predicted molar refractivity (Wildman–Crippen MR) is 140 cm³/mol. The topological polar surface area (TPSA) is 95.5 Å². The van der Waals surface area contributed by atoms with Crippen LogP contribution in [0.1, 0.15) is 35.7 Å². The molecule has 1 amide bonds. The molecule has 0 fully saturated rings. The molecular weight excluding hydrogens is 528 g/mol. The van der Waals surface area contributed by atoms with E-state index >= 15 is 0 Å². The molecular formula is C27H27BrN2O6. The lowest BCUT2D eigenvalue weighted by Gasteiger charge is -2.10. The van der Waals surface area contributed by atoms with E-state index in [2.05, 4.69) is 33.4 Å². The van der Waals surface area contributed by atoms with Gasteiger partial charge in [0, 0.05) is 4.47 Å². The molecule has 188 valence electrons. The van der Waals surface area contributed by atoms with Gasteiger partial charge in [-0.25, -0.2) is 10.2 Å². The Morgan fingerprint density at radius 3 is 2.33 bits per heavy atom. The highest BCUT2D eigenvalue weighted by molar-refractivity contribution is 9.10. The van der Waals surface area contributed by atoms with Crippen LogP contribution >= 0.6 is 15.9 Å². The van der Waals surface area contributed by atoms with E-state index in [1.165, 1.54) is 13.3 Å². The second kappa shape index (κ2) is 13.9. The van der Waals surface area contributed by atoms with Gasteiger partial charge in [-0.3, -0.25) is 4.79 Å². The highest BCUT2D eigenvalue weighted by Gasteiger charge is 2.13. The molecule has 3 aromatic carbocycles. The number of carbonyl (C=O) groups excluding carboxylic acids is 2. The van der Waals surface area contributed by atoms with E-state index in [1.807, 2.05) is 12.1 Å². The second-order valence-electron chi connectivity index (χ2n) is 7.56. The van der Waals surface area contributed by atoms with Gasteiger partial charge in [0.15, 0.2) is 18.1 Å². The van der Waals surface area contributed by atoms with Crippen molar-refractivity contribution >= 4 is 34.0 Å². The van der Waals surface area contributed by atoms with Gasteiger partial charge in [-0.05, 0) is 78.7 Å². The number of benzene rings is 3. The Morgan fingerprint density at radius 2 is 1.64 bits per heavy atom. The Morgan fingerprint density at radius 1 is 0.944 bits per heavy atom. The number of hydrazone groups is 1. The van der Waals surface area contributed by atoms with Crippen molar-refractivity contribution in [1.29, 1.82) is 0 Å². The number of methoxy groups -OCH3 is 1. The Labute approximate surface area is 218 Å². The molecule has 9 heteroatoms. The van der Waals surface area contributed by atoms with E-state index in [0.29, 0.717) is 35.0 Å². The van der Waals surface area contributed by atoms with Crippen molar-refractivity contribution in [2.45, 2.75) is 19.8 Å². The van der Waals surface area contributed by atoms with Crippen molar-refractivity contribution in [2.75, 3.05) is 20.3 Å². The Balaban J connectivity index is 1.52. The smallest absolute Gasteiger partial charge is 0.343 e. The molecule has 0 radical (unpaired) electrons. The number of esters is 1. The first-order valence-corrected chi connectivity index (χ1v) is 12.1. The zero-order valence-electron chi connectivity index (χ0n) is 20.0. The molecule has 0 atom stereocenters. The molecule has 36 heavy (non-hydrogen) atoms. The van der Waals surface area contributed by atoms with Gasteiger partial charge in [0.25, 0.3) is 5.91 Å². The number of amides is 1. The van der Waals surface area contributed by atoms with Gasteiger partial charge in [-0.15, -0.1) is 0 Å². The van der Waals surface area contributed by atoms with Gasteiger partial charge < -0.3 is 18.9 Å². The summed E-state index contributed by atoms with van der Waals surface area (Å²) in [7, 11) is 1.47. The van der Waals surface area contributed by atoms with E-state index in [0.717, 1.165) is 17.3 Å². The average molecular weight is 555 g/mol. The third kappa shape index (κ3) is 8.42. The molecule has 0 aliphatic rings. The summed E-state index contributed by atoms with van der Waals surface area (Å²) in [5.41, 5.74) is 3.42. The normalized spacial score (nSPS) is 10.6. The summed E-state index contributed by atoms with van der Waals surface area (Å²) in [6, 6.07) is 18.8. The van der Waals surface area contributed by atoms with Gasteiger partial charge in [0.1, 0.15) is 11.5 Å². The standard InChI is InChI=1S/C27H27BrN2O6/c1-3-4-15-34-22-10-6-20(7-11-22)27(32)36-24-14-5-19(16-25(24)33-2)17-29-30-26(31)18-35-23-12-8-21(28)9-13-23/h5-14,16-17H,3-4,15,18H2,1-2H3,(H,30,31)/b29-17-. The van der Waals surface area contributed by atoms with Crippen LogP contribution < -0.4 is 24.4 Å². The summed E-state index contributed by atoms with van der Waals surface area (Å²) in [5, 5.41) is 3.93. The van der Waals surface area contributed by atoms with E-state index in [1.54, 1.807) is 54.6 Å². The number of rotatable bonds is 12. The minimum Gasteiger partial charge on any atom is -0.494 e.